The van der Waals surface area contributed by atoms with Crippen molar-refractivity contribution >= 4 is 17.7 Å². The van der Waals surface area contributed by atoms with E-state index < -0.39 is 30.0 Å². The van der Waals surface area contributed by atoms with Crippen molar-refractivity contribution < 1.29 is 27.6 Å². The van der Waals surface area contributed by atoms with Gasteiger partial charge in [0.25, 0.3) is 5.91 Å². The fraction of sp³-hybridized carbons (Fsp3) is 0.550. The second-order valence-electron chi connectivity index (χ2n) is 8.19. The first-order chi connectivity index (χ1) is 14.2. The number of benzene rings is 1. The van der Waals surface area contributed by atoms with Crippen molar-refractivity contribution in [3.8, 4) is 0 Å². The Labute approximate surface area is 171 Å². The highest BCUT2D eigenvalue weighted by atomic mass is 19.4. The zero-order valence-electron chi connectivity index (χ0n) is 16.2. The number of nitrogens with one attached hydrogen (secondary N) is 1. The first kappa shape index (κ1) is 20.8. The molecule has 4 rings (SSSR count). The Bertz CT molecular complexity index is 889. The summed E-state index contributed by atoms with van der Waals surface area (Å²) in [5.74, 6) is -3.32. The van der Waals surface area contributed by atoms with E-state index in [4.69, 9.17) is 5.73 Å². The molecule has 3 N–H and O–H groups in total. The summed E-state index contributed by atoms with van der Waals surface area (Å²) >= 11 is 0. The maximum absolute atomic E-state index is 13.3. The third-order valence-electron chi connectivity index (χ3n) is 6.27. The molecule has 2 fully saturated rings. The van der Waals surface area contributed by atoms with Gasteiger partial charge in [0.15, 0.2) is 0 Å². The molecule has 3 atom stereocenters. The number of rotatable bonds is 4. The number of fused-ring (bicyclic) bond motifs is 1. The first-order valence-electron chi connectivity index (χ1n) is 9.93. The SMILES string of the molecule is NCC1CN(Cc2cccc3c2C(=O)N(C2CCC(=O)NC2=O)C3)CC1C(F)(F)F. The van der Waals surface area contributed by atoms with E-state index in [1.807, 2.05) is 0 Å². The maximum atomic E-state index is 13.3. The number of alkyl halides is 3. The highest BCUT2D eigenvalue weighted by Crippen LogP contribution is 2.38. The molecule has 10 heteroatoms. The standard InChI is InChI=1S/C20H23F3N4O3/c21-20(22,23)14-10-26(8-13(14)6-24)7-11-2-1-3-12-9-27(19(30)17(11)12)15-4-5-16(28)25-18(15)29/h1-3,13-15H,4-10,24H2,(H,25,28,29). The lowest BCUT2D eigenvalue weighted by atomic mass is 9.96. The van der Waals surface area contributed by atoms with Crippen LogP contribution in [0.4, 0.5) is 13.2 Å². The van der Waals surface area contributed by atoms with E-state index in [1.165, 1.54) is 4.90 Å². The average Bonchev–Trinajstić information content (AvgIpc) is 3.24. The molecule has 1 aromatic carbocycles. The Hall–Kier alpha value is -2.46. The number of hydrogen-bond acceptors (Lipinski definition) is 5. The van der Waals surface area contributed by atoms with E-state index >= 15 is 0 Å². The van der Waals surface area contributed by atoms with Crippen LogP contribution in [0, 0.1) is 11.8 Å². The predicted octanol–water partition coefficient (Wildman–Crippen LogP) is 1.02. The third kappa shape index (κ3) is 3.69. The quantitative estimate of drug-likeness (QED) is 0.704. The van der Waals surface area contributed by atoms with Crippen molar-refractivity contribution in [2.24, 2.45) is 17.6 Å². The second kappa shape index (κ2) is 7.66. The zero-order chi connectivity index (χ0) is 21.6. The Balaban J connectivity index is 1.53. The number of amides is 3. The van der Waals surface area contributed by atoms with Crippen molar-refractivity contribution in [3.63, 3.8) is 0 Å². The Kier molecular flexibility index (Phi) is 5.31. The lowest BCUT2D eigenvalue weighted by Gasteiger charge is -2.29. The van der Waals surface area contributed by atoms with Crippen LogP contribution in [0.1, 0.15) is 34.3 Å². The van der Waals surface area contributed by atoms with Gasteiger partial charge >= 0.3 is 6.18 Å². The van der Waals surface area contributed by atoms with Crippen LogP contribution in [0.15, 0.2) is 18.2 Å². The molecule has 3 amide bonds. The molecule has 0 saturated carbocycles. The van der Waals surface area contributed by atoms with Crippen molar-refractivity contribution in [1.29, 1.82) is 0 Å². The molecule has 30 heavy (non-hydrogen) atoms. The largest absolute Gasteiger partial charge is 0.393 e. The lowest BCUT2D eigenvalue weighted by Crippen LogP contribution is -2.52. The van der Waals surface area contributed by atoms with Gasteiger partial charge in [0.05, 0.1) is 5.92 Å². The van der Waals surface area contributed by atoms with Crippen LogP contribution in [0.5, 0.6) is 0 Å². The molecule has 0 spiro atoms. The van der Waals surface area contributed by atoms with Gasteiger partial charge in [-0.15, -0.1) is 0 Å². The molecule has 3 aliphatic heterocycles. The van der Waals surface area contributed by atoms with E-state index in [9.17, 15) is 27.6 Å². The topological polar surface area (TPSA) is 95.7 Å². The number of carbonyl (C=O) groups excluding carboxylic acids is 3. The number of imide groups is 1. The number of nitrogens with two attached hydrogens (primary N) is 1. The van der Waals surface area contributed by atoms with Crippen LogP contribution in [0.3, 0.4) is 0 Å². The van der Waals surface area contributed by atoms with Gasteiger partial charge < -0.3 is 10.6 Å². The normalized spacial score (nSPS) is 27.5. The average molecular weight is 424 g/mol. The predicted molar refractivity (Wildman–Crippen MR) is 99.9 cm³/mol. The van der Waals surface area contributed by atoms with E-state index in [1.54, 1.807) is 23.1 Å². The molecule has 0 aromatic heterocycles. The minimum absolute atomic E-state index is 0.0458. The number of hydrogen-bond donors (Lipinski definition) is 2. The summed E-state index contributed by atoms with van der Waals surface area (Å²) in [4.78, 5) is 39.8. The summed E-state index contributed by atoms with van der Waals surface area (Å²) in [5.41, 5.74) is 7.39. The number of likely N-dealkylation sites (tertiary alicyclic amines) is 1. The molecule has 0 radical (unpaired) electrons. The summed E-state index contributed by atoms with van der Waals surface area (Å²) in [5, 5.41) is 2.26. The molecule has 7 nitrogen and oxygen atoms in total. The van der Waals surface area contributed by atoms with E-state index in [0.717, 1.165) is 5.56 Å². The minimum atomic E-state index is -4.31. The minimum Gasteiger partial charge on any atom is -0.330 e. The second-order valence-corrected chi connectivity index (χ2v) is 8.19. The number of carbonyl (C=O) groups is 3. The van der Waals surface area contributed by atoms with E-state index in [-0.39, 0.29) is 57.4 Å². The number of piperidine rings is 1. The number of nitrogens with zero attached hydrogens (tertiary/aromatic N) is 2. The molecule has 0 aliphatic carbocycles. The molecule has 1 aromatic rings. The van der Waals surface area contributed by atoms with Gasteiger partial charge in [-0.05, 0) is 30.0 Å². The van der Waals surface area contributed by atoms with Crippen molar-refractivity contribution in [3.05, 3.63) is 34.9 Å². The number of halogens is 3. The summed E-state index contributed by atoms with van der Waals surface area (Å²) in [6.07, 6.45) is -3.89. The van der Waals surface area contributed by atoms with Crippen LogP contribution in [-0.4, -0.2) is 59.4 Å². The van der Waals surface area contributed by atoms with Crippen LogP contribution >= 0.6 is 0 Å². The lowest BCUT2D eigenvalue weighted by molar-refractivity contribution is -0.179. The van der Waals surface area contributed by atoms with Crippen LogP contribution in [0.2, 0.25) is 0 Å². The maximum Gasteiger partial charge on any atom is 0.393 e. The van der Waals surface area contributed by atoms with Gasteiger partial charge in [-0.3, -0.25) is 24.6 Å². The van der Waals surface area contributed by atoms with Gasteiger partial charge in [0.2, 0.25) is 11.8 Å². The van der Waals surface area contributed by atoms with Gasteiger partial charge in [-0.2, -0.15) is 13.2 Å². The van der Waals surface area contributed by atoms with E-state index in [0.29, 0.717) is 11.1 Å². The smallest absolute Gasteiger partial charge is 0.330 e. The van der Waals surface area contributed by atoms with Crippen LogP contribution in [0.25, 0.3) is 0 Å². The van der Waals surface area contributed by atoms with Gasteiger partial charge in [-0.25, -0.2) is 0 Å². The van der Waals surface area contributed by atoms with Crippen molar-refractivity contribution in [1.82, 2.24) is 15.1 Å². The first-order valence-corrected chi connectivity index (χ1v) is 9.93. The highest BCUT2D eigenvalue weighted by Gasteiger charge is 2.49. The van der Waals surface area contributed by atoms with Crippen LogP contribution < -0.4 is 11.1 Å². The summed E-state index contributed by atoms with van der Waals surface area (Å²) in [6.45, 7) is 0.470. The molecule has 0 bridgehead atoms. The molecule has 3 unspecified atom stereocenters. The Morgan fingerprint density at radius 1 is 1.17 bits per heavy atom. The molecular formula is C20H23F3N4O3. The molecule has 3 heterocycles. The molecule has 162 valence electrons. The summed E-state index contributed by atoms with van der Waals surface area (Å²) in [6, 6.07) is 4.57. The third-order valence-corrected chi connectivity index (χ3v) is 6.27. The Morgan fingerprint density at radius 3 is 2.57 bits per heavy atom. The molecular weight excluding hydrogens is 401 g/mol. The van der Waals surface area contributed by atoms with Gasteiger partial charge in [-0.1, -0.05) is 18.2 Å². The van der Waals surface area contributed by atoms with Crippen molar-refractivity contribution in [2.75, 3.05) is 19.6 Å². The molecule has 3 aliphatic rings. The monoisotopic (exact) mass is 424 g/mol. The van der Waals surface area contributed by atoms with Crippen LogP contribution in [-0.2, 0) is 22.7 Å². The van der Waals surface area contributed by atoms with Gasteiger partial charge in [0, 0.05) is 38.2 Å². The summed E-state index contributed by atoms with van der Waals surface area (Å²) in [7, 11) is 0. The zero-order valence-corrected chi connectivity index (χ0v) is 16.2. The molecule has 2 saturated heterocycles. The van der Waals surface area contributed by atoms with Crippen molar-refractivity contribution in [2.45, 2.75) is 38.1 Å². The fourth-order valence-electron chi connectivity index (χ4n) is 4.76. The summed E-state index contributed by atoms with van der Waals surface area (Å²) < 4.78 is 39.9. The fourth-order valence-corrected chi connectivity index (χ4v) is 4.76. The Morgan fingerprint density at radius 2 is 1.93 bits per heavy atom. The highest BCUT2D eigenvalue weighted by molar-refractivity contribution is 6.05. The van der Waals surface area contributed by atoms with E-state index in [2.05, 4.69) is 5.32 Å². The van der Waals surface area contributed by atoms with Gasteiger partial charge in [0.1, 0.15) is 6.04 Å².